The van der Waals surface area contributed by atoms with Gasteiger partial charge in [-0.2, -0.15) is 0 Å². The molecule has 4 heteroatoms. The lowest BCUT2D eigenvalue weighted by Crippen LogP contribution is -2.35. The topological polar surface area (TPSA) is 68.0 Å². The molecule has 0 saturated carbocycles. The summed E-state index contributed by atoms with van der Waals surface area (Å²) < 4.78 is 0. The average molecular weight is 241 g/mol. The molecule has 92 valence electrons. The Morgan fingerprint density at radius 1 is 1.44 bits per heavy atom. The molecule has 2 rings (SSSR count). The highest BCUT2D eigenvalue weighted by Crippen LogP contribution is 2.20. The van der Waals surface area contributed by atoms with Crippen molar-refractivity contribution in [3.8, 4) is 0 Å². The van der Waals surface area contributed by atoms with Crippen LogP contribution in [0.3, 0.4) is 0 Å². The number of para-hydroxylation sites is 1. The Kier molecular flexibility index (Phi) is 3.69. The van der Waals surface area contributed by atoms with E-state index in [9.17, 15) is 4.79 Å². The van der Waals surface area contributed by atoms with E-state index in [0.29, 0.717) is 12.1 Å². The monoisotopic (exact) mass is 241 g/mol. The first-order valence-corrected chi connectivity index (χ1v) is 5.73. The highest BCUT2D eigenvalue weighted by molar-refractivity contribution is 6.02. The number of carbonyl (C=O) groups is 1. The first-order chi connectivity index (χ1) is 8.72. The fraction of sp³-hybridized carbons (Fsp3) is 0.143. The molecule has 1 heterocycles. The molecule has 3 N–H and O–H groups in total. The normalized spacial score (nSPS) is 12.1. The zero-order chi connectivity index (χ0) is 13.0. The maximum atomic E-state index is 11.8. The number of benzene rings is 1. The third kappa shape index (κ3) is 2.55. The van der Waals surface area contributed by atoms with Crippen molar-refractivity contribution in [3.63, 3.8) is 0 Å². The van der Waals surface area contributed by atoms with Gasteiger partial charge in [0, 0.05) is 11.6 Å². The van der Waals surface area contributed by atoms with E-state index in [1.165, 1.54) is 0 Å². The first-order valence-electron chi connectivity index (χ1n) is 5.73. The van der Waals surface area contributed by atoms with Crippen molar-refractivity contribution >= 4 is 22.5 Å². The van der Waals surface area contributed by atoms with Gasteiger partial charge >= 0.3 is 0 Å². The molecule has 4 nitrogen and oxygen atoms in total. The molecule has 1 aromatic carbocycles. The van der Waals surface area contributed by atoms with Gasteiger partial charge in [-0.25, -0.2) is 0 Å². The fourth-order valence-corrected chi connectivity index (χ4v) is 1.72. The molecule has 1 atom stereocenters. The number of nitrogens with zero attached hydrogens (tertiary/aromatic N) is 1. The molecule has 0 saturated heterocycles. The number of aromatic nitrogens is 1. The van der Waals surface area contributed by atoms with Crippen molar-refractivity contribution in [1.82, 2.24) is 4.98 Å². The van der Waals surface area contributed by atoms with E-state index in [4.69, 9.17) is 5.73 Å². The number of rotatable bonds is 4. The number of hydrogen-bond donors (Lipinski definition) is 2. The van der Waals surface area contributed by atoms with Crippen molar-refractivity contribution < 1.29 is 4.79 Å². The summed E-state index contributed by atoms with van der Waals surface area (Å²) >= 11 is 0. The molecule has 18 heavy (non-hydrogen) atoms. The van der Waals surface area contributed by atoms with E-state index >= 15 is 0 Å². The molecule has 0 aliphatic heterocycles. The molecule has 2 aromatic rings. The molecule has 1 unspecified atom stereocenters. The summed E-state index contributed by atoms with van der Waals surface area (Å²) in [7, 11) is 0. The number of nitrogens with two attached hydrogens (primary N) is 1. The summed E-state index contributed by atoms with van der Waals surface area (Å²) in [5.41, 5.74) is 7.16. The minimum Gasteiger partial charge on any atom is -0.323 e. The highest BCUT2D eigenvalue weighted by atomic mass is 16.2. The fourth-order valence-electron chi connectivity index (χ4n) is 1.72. The smallest absolute Gasteiger partial charge is 0.241 e. The van der Waals surface area contributed by atoms with Crippen LogP contribution in [0.5, 0.6) is 0 Å². The molecule has 0 aliphatic carbocycles. The van der Waals surface area contributed by atoms with Crippen LogP contribution in [-0.4, -0.2) is 16.9 Å². The van der Waals surface area contributed by atoms with Crippen LogP contribution in [0.15, 0.2) is 49.2 Å². The molecule has 0 fully saturated rings. The van der Waals surface area contributed by atoms with E-state index in [0.717, 1.165) is 10.9 Å². The number of anilines is 1. The van der Waals surface area contributed by atoms with Crippen LogP contribution in [0.4, 0.5) is 5.69 Å². The Hall–Kier alpha value is -2.20. The summed E-state index contributed by atoms with van der Waals surface area (Å²) in [6.45, 7) is 3.57. The summed E-state index contributed by atoms with van der Waals surface area (Å²) in [4.78, 5) is 16.1. The van der Waals surface area contributed by atoms with Crippen molar-refractivity contribution in [2.45, 2.75) is 12.5 Å². The number of pyridine rings is 1. The van der Waals surface area contributed by atoms with Crippen LogP contribution in [-0.2, 0) is 4.79 Å². The molecule has 0 bridgehead atoms. The second kappa shape index (κ2) is 5.42. The van der Waals surface area contributed by atoms with Gasteiger partial charge in [-0.05, 0) is 18.6 Å². The van der Waals surface area contributed by atoms with E-state index in [-0.39, 0.29) is 5.91 Å². The zero-order valence-corrected chi connectivity index (χ0v) is 9.97. The minimum atomic E-state index is -0.582. The van der Waals surface area contributed by atoms with Gasteiger partial charge in [-0.3, -0.25) is 9.78 Å². The van der Waals surface area contributed by atoms with Crippen LogP contribution < -0.4 is 11.1 Å². The number of hydrogen-bond acceptors (Lipinski definition) is 3. The van der Waals surface area contributed by atoms with Crippen molar-refractivity contribution in [2.24, 2.45) is 5.73 Å². The summed E-state index contributed by atoms with van der Waals surface area (Å²) in [6, 6.07) is 8.86. The summed E-state index contributed by atoms with van der Waals surface area (Å²) in [5, 5.41) is 3.77. The predicted octanol–water partition coefficient (Wildman–Crippen LogP) is 2.08. The van der Waals surface area contributed by atoms with Crippen LogP contribution in [0.2, 0.25) is 0 Å². The Balaban J connectivity index is 2.26. The number of carbonyl (C=O) groups excluding carboxylic acids is 1. The number of amides is 1. The van der Waals surface area contributed by atoms with E-state index in [1.807, 2.05) is 30.3 Å². The van der Waals surface area contributed by atoms with Gasteiger partial charge in [0.05, 0.1) is 17.2 Å². The van der Waals surface area contributed by atoms with E-state index < -0.39 is 6.04 Å². The average Bonchev–Trinajstić information content (AvgIpc) is 2.39. The lowest BCUT2D eigenvalue weighted by Gasteiger charge is -2.11. The number of nitrogens with one attached hydrogen (secondary N) is 1. The van der Waals surface area contributed by atoms with Gasteiger partial charge in [0.2, 0.25) is 5.91 Å². The Labute approximate surface area is 106 Å². The second-order valence-corrected chi connectivity index (χ2v) is 4.00. The van der Waals surface area contributed by atoms with Crippen molar-refractivity contribution in [2.75, 3.05) is 5.32 Å². The van der Waals surface area contributed by atoms with Gasteiger partial charge < -0.3 is 11.1 Å². The maximum Gasteiger partial charge on any atom is 0.241 e. The van der Waals surface area contributed by atoms with Gasteiger partial charge in [-0.1, -0.05) is 24.3 Å². The SMILES string of the molecule is C=CCC(N)C(=O)Nc1cccc2cccnc12. The molecular weight excluding hydrogens is 226 g/mol. The molecule has 0 spiro atoms. The Bertz CT molecular complexity index is 575. The zero-order valence-electron chi connectivity index (χ0n) is 9.97. The van der Waals surface area contributed by atoms with Gasteiger partial charge in [0.25, 0.3) is 0 Å². The molecule has 1 aromatic heterocycles. The van der Waals surface area contributed by atoms with Crippen molar-refractivity contribution in [3.05, 3.63) is 49.2 Å². The van der Waals surface area contributed by atoms with Crippen LogP contribution in [0, 0.1) is 0 Å². The summed E-state index contributed by atoms with van der Waals surface area (Å²) in [6.07, 6.45) is 3.78. The minimum absolute atomic E-state index is 0.229. The number of fused-ring (bicyclic) bond motifs is 1. The first kappa shape index (κ1) is 12.3. The van der Waals surface area contributed by atoms with Crippen LogP contribution in [0.25, 0.3) is 10.9 Å². The van der Waals surface area contributed by atoms with E-state index in [1.54, 1.807) is 12.3 Å². The summed E-state index contributed by atoms with van der Waals surface area (Å²) in [5.74, 6) is -0.229. The largest absolute Gasteiger partial charge is 0.323 e. The van der Waals surface area contributed by atoms with Gasteiger partial charge in [0.15, 0.2) is 0 Å². The molecular formula is C14H15N3O. The van der Waals surface area contributed by atoms with Crippen LogP contribution in [0.1, 0.15) is 6.42 Å². The van der Waals surface area contributed by atoms with Crippen molar-refractivity contribution in [1.29, 1.82) is 0 Å². The van der Waals surface area contributed by atoms with Crippen LogP contribution >= 0.6 is 0 Å². The third-order valence-corrected chi connectivity index (χ3v) is 2.65. The predicted molar refractivity (Wildman–Crippen MR) is 73.2 cm³/mol. The lowest BCUT2D eigenvalue weighted by atomic mass is 10.1. The lowest BCUT2D eigenvalue weighted by molar-refractivity contribution is -0.117. The van der Waals surface area contributed by atoms with Gasteiger partial charge in [-0.15, -0.1) is 6.58 Å². The Morgan fingerprint density at radius 2 is 2.22 bits per heavy atom. The molecule has 1 amide bonds. The second-order valence-electron chi connectivity index (χ2n) is 4.00. The Morgan fingerprint density at radius 3 is 3.00 bits per heavy atom. The maximum absolute atomic E-state index is 11.8. The highest BCUT2D eigenvalue weighted by Gasteiger charge is 2.13. The molecule has 0 aliphatic rings. The molecule has 0 radical (unpaired) electrons. The standard InChI is InChI=1S/C14H15N3O/c1-2-5-11(15)14(18)17-12-8-3-6-10-7-4-9-16-13(10)12/h2-4,6-9,11H,1,5,15H2,(H,17,18). The van der Waals surface area contributed by atoms with E-state index in [2.05, 4.69) is 16.9 Å². The third-order valence-electron chi connectivity index (χ3n) is 2.65. The van der Waals surface area contributed by atoms with Gasteiger partial charge in [0.1, 0.15) is 0 Å². The quantitative estimate of drug-likeness (QED) is 0.805.